The van der Waals surface area contributed by atoms with Gasteiger partial charge in [0.2, 0.25) is 0 Å². The maximum absolute atomic E-state index is 13.2. The highest BCUT2D eigenvalue weighted by molar-refractivity contribution is 5.77. The van der Waals surface area contributed by atoms with E-state index < -0.39 is 0 Å². The van der Waals surface area contributed by atoms with Crippen LogP contribution in [0, 0.1) is 5.82 Å². The minimum atomic E-state index is -0.310. The van der Waals surface area contributed by atoms with Crippen LogP contribution in [0.3, 0.4) is 0 Å². The Labute approximate surface area is 113 Å². The van der Waals surface area contributed by atoms with Crippen LogP contribution in [-0.2, 0) is 11.3 Å². The average Bonchev–Trinajstić information content (AvgIpc) is 2.41. The normalized spacial score (nSPS) is 10.3. The maximum Gasteiger partial charge on any atom is 0.257 e. The summed E-state index contributed by atoms with van der Waals surface area (Å²) in [7, 11) is 0. The number of nitrogens with one attached hydrogen (secondary N) is 2. The number of carbonyl (C=O) groups excluding carboxylic acids is 1. The Bertz CT molecular complexity index is 410. The zero-order valence-corrected chi connectivity index (χ0v) is 11.5. The van der Waals surface area contributed by atoms with Crippen LogP contribution >= 0.6 is 0 Å². The van der Waals surface area contributed by atoms with Gasteiger partial charge in [0.15, 0.2) is 6.61 Å². The summed E-state index contributed by atoms with van der Waals surface area (Å²) in [6, 6.07) is 4.30. The first kappa shape index (κ1) is 15.4. The SMILES string of the molecule is CCCNC(=O)COc1ccc(F)cc1CNCC. The average molecular weight is 268 g/mol. The van der Waals surface area contributed by atoms with Crippen molar-refractivity contribution in [2.24, 2.45) is 0 Å². The molecule has 0 spiro atoms. The predicted octanol–water partition coefficient (Wildman–Crippen LogP) is 1.84. The Morgan fingerprint density at radius 2 is 2.16 bits per heavy atom. The molecule has 1 amide bonds. The standard InChI is InChI=1S/C14H21FN2O2/c1-3-7-17-14(18)10-19-13-6-5-12(15)8-11(13)9-16-4-2/h5-6,8,16H,3-4,7,9-10H2,1-2H3,(H,17,18). The van der Waals surface area contributed by atoms with Gasteiger partial charge >= 0.3 is 0 Å². The topological polar surface area (TPSA) is 50.4 Å². The zero-order valence-electron chi connectivity index (χ0n) is 11.5. The van der Waals surface area contributed by atoms with Gasteiger partial charge in [-0.2, -0.15) is 0 Å². The van der Waals surface area contributed by atoms with Gasteiger partial charge < -0.3 is 15.4 Å². The minimum Gasteiger partial charge on any atom is -0.483 e. The summed E-state index contributed by atoms with van der Waals surface area (Å²) in [4.78, 5) is 11.4. The first-order chi connectivity index (χ1) is 9.17. The van der Waals surface area contributed by atoms with Crippen LogP contribution in [0.4, 0.5) is 4.39 Å². The van der Waals surface area contributed by atoms with Gasteiger partial charge in [0, 0.05) is 18.7 Å². The van der Waals surface area contributed by atoms with E-state index in [1.165, 1.54) is 12.1 Å². The number of rotatable bonds is 8. The van der Waals surface area contributed by atoms with Crippen molar-refractivity contribution < 1.29 is 13.9 Å². The number of carbonyl (C=O) groups is 1. The zero-order chi connectivity index (χ0) is 14.1. The van der Waals surface area contributed by atoms with E-state index in [-0.39, 0.29) is 18.3 Å². The molecular weight excluding hydrogens is 247 g/mol. The lowest BCUT2D eigenvalue weighted by Gasteiger charge is -2.12. The van der Waals surface area contributed by atoms with Crippen LogP contribution in [0.1, 0.15) is 25.8 Å². The van der Waals surface area contributed by atoms with Gasteiger partial charge in [-0.25, -0.2) is 4.39 Å². The Kier molecular flexibility index (Phi) is 6.89. The molecule has 106 valence electrons. The minimum absolute atomic E-state index is 0.0508. The van der Waals surface area contributed by atoms with Gasteiger partial charge in [0.05, 0.1) is 0 Å². The Morgan fingerprint density at radius 1 is 1.37 bits per heavy atom. The summed E-state index contributed by atoms with van der Waals surface area (Å²) in [5.41, 5.74) is 0.713. The van der Waals surface area contributed by atoms with Gasteiger partial charge in [-0.05, 0) is 31.2 Å². The van der Waals surface area contributed by atoms with E-state index in [2.05, 4.69) is 10.6 Å². The molecule has 0 heterocycles. The number of halogens is 1. The predicted molar refractivity (Wildman–Crippen MR) is 72.6 cm³/mol. The summed E-state index contributed by atoms with van der Waals surface area (Å²) >= 11 is 0. The first-order valence-corrected chi connectivity index (χ1v) is 6.56. The highest BCUT2D eigenvalue weighted by atomic mass is 19.1. The van der Waals surface area contributed by atoms with Crippen molar-refractivity contribution in [1.29, 1.82) is 0 Å². The fourth-order valence-corrected chi connectivity index (χ4v) is 1.55. The van der Waals surface area contributed by atoms with E-state index >= 15 is 0 Å². The monoisotopic (exact) mass is 268 g/mol. The van der Waals surface area contributed by atoms with Crippen molar-refractivity contribution in [2.45, 2.75) is 26.8 Å². The highest BCUT2D eigenvalue weighted by Crippen LogP contribution is 2.19. The van der Waals surface area contributed by atoms with Crippen molar-refractivity contribution in [3.8, 4) is 5.75 Å². The number of benzene rings is 1. The summed E-state index contributed by atoms with van der Waals surface area (Å²) in [6.45, 7) is 5.83. The second kappa shape index (κ2) is 8.48. The van der Waals surface area contributed by atoms with Crippen molar-refractivity contribution in [2.75, 3.05) is 19.7 Å². The lowest BCUT2D eigenvalue weighted by molar-refractivity contribution is -0.123. The molecule has 0 aliphatic carbocycles. The molecule has 19 heavy (non-hydrogen) atoms. The smallest absolute Gasteiger partial charge is 0.257 e. The van der Waals surface area contributed by atoms with Crippen molar-refractivity contribution in [3.05, 3.63) is 29.6 Å². The molecule has 0 aliphatic heterocycles. The third kappa shape index (κ3) is 5.70. The molecule has 0 radical (unpaired) electrons. The van der Waals surface area contributed by atoms with Crippen molar-refractivity contribution >= 4 is 5.91 Å². The Morgan fingerprint density at radius 3 is 2.84 bits per heavy atom. The molecule has 0 aliphatic rings. The molecule has 0 saturated heterocycles. The van der Waals surface area contributed by atoms with Crippen LogP contribution in [0.15, 0.2) is 18.2 Å². The second-order valence-corrected chi connectivity index (χ2v) is 4.17. The van der Waals surface area contributed by atoms with Crippen LogP contribution in [0.25, 0.3) is 0 Å². The first-order valence-electron chi connectivity index (χ1n) is 6.56. The third-order valence-corrected chi connectivity index (χ3v) is 2.52. The van der Waals surface area contributed by atoms with Crippen molar-refractivity contribution in [1.82, 2.24) is 10.6 Å². The highest BCUT2D eigenvalue weighted by Gasteiger charge is 2.07. The molecule has 4 nitrogen and oxygen atoms in total. The quantitative estimate of drug-likeness (QED) is 0.756. The van der Waals surface area contributed by atoms with Crippen LogP contribution in [-0.4, -0.2) is 25.6 Å². The molecule has 1 aromatic carbocycles. The fourth-order valence-electron chi connectivity index (χ4n) is 1.55. The molecule has 2 N–H and O–H groups in total. The maximum atomic E-state index is 13.2. The van der Waals surface area contributed by atoms with Gasteiger partial charge in [-0.3, -0.25) is 4.79 Å². The summed E-state index contributed by atoms with van der Waals surface area (Å²) in [5, 5.41) is 5.83. The summed E-state index contributed by atoms with van der Waals surface area (Å²) in [6.07, 6.45) is 0.883. The molecule has 1 aromatic rings. The molecule has 5 heteroatoms. The number of hydrogen-bond acceptors (Lipinski definition) is 3. The molecule has 0 unspecified atom stereocenters. The van der Waals surface area contributed by atoms with Gasteiger partial charge in [-0.15, -0.1) is 0 Å². The Balaban J connectivity index is 2.58. The number of hydrogen-bond donors (Lipinski definition) is 2. The second-order valence-electron chi connectivity index (χ2n) is 4.17. The van der Waals surface area contributed by atoms with E-state index in [1.807, 2.05) is 13.8 Å². The summed E-state index contributed by atoms with van der Waals surface area (Å²) in [5.74, 6) is 0.0604. The van der Waals surface area contributed by atoms with Crippen molar-refractivity contribution in [3.63, 3.8) is 0 Å². The molecule has 0 bridgehead atoms. The van der Waals surface area contributed by atoms with Gasteiger partial charge in [0.1, 0.15) is 11.6 Å². The van der Waals surface area contributed by atoms with E-state index in [0.717, 1.165) is 13.0 Å². The molecule has 0 fully saturated rings. The number of amides is 1. The van der Waals surface area contributed by atoms with Gasteiger partial charge in [-0.1, -0.05) is 13.8 Å². The van der Waals surface area contributed by atoms with E-state index in [9.17, 15) is 9.18 Å². The third-order valence-electron chi connectivity index (χ3n) is 2.52. The molecule has 0 aromatic heterocycles. The van der Waals surface area contributed by atoms with E-state index in [4.69, 9.17) is 4.74 Å². The summed E-state index contributed by atoms with van der Waals surface area (Å²) < 4.78 is 18.6. The fraction of sp³-hybridized carbons (Fsp3) is 0.500. The van der Waals surface area contributed by atoms with Crippen LogP contribution in [0.5, 0.6) is 5.75 Å². The molecule has 1 rings (SSSR count). The largest absolute Gasteiger partial charge is 0.483 e. The van der Waals surface area contributed by atoms with Crippen LogP contribution in [0.2, 0.25) is 0 Å². The number of ether oxygens (including phenoxy) is 1. The molecular formula is C14H21FN2O2. The Hall–Kier alpha value is -1.62. The van der Waals surface area contributed by atoms with Gasteiger partial charge in [0.25, 0.3) is 5.91 Å². The van der Waals surface area contributed by atoms with Crippen LogP contribution < -0.4 is 15.4 Å². The molecule has 0 saturated carbocycles. The lowest BCUT2D eigenvalue weighted by atomic mass is 10.2. The van der Waals surface area contributed by atoms with E-state index in [1.54, 1.807) is 6.07 Å². The van der Waals surface area contributed by atoms with E-state index in [0.29, 0.717) is 24.4 Å². The lowest BCUT2D eigenvalue weighted by Crippen LogP contribution is -2.29. The molecule has 0 atom stereocenters.